The molecular formula is C25H31N7O3. The number of aryl methyl sites for hydroxylation is 2. The van der Waals surface area contributed by atoms with Crippen LogP contribution in [0, 0.1) is 12.8 Å². The smallest absolute Gasteiger partial charge is 0.306 e. The van der Waals surface area contributed by atoms with E-state index >= 15 is 0 Å². The van der Waals surface area contributed by atoms with Gasteiger partial charge in [0, 0.05) is 24.9 Å². The molecule has 0 aliphatic heterocycles. The van der Waals surface area contributed by atoms with E-state index in [2.05, 4.69) is 25.6 Å². The summed E-state index contributed by atoms with van der Waals surface area (Å²) < 4.78 is 7.88. The standard InChI is InChI=1S/C25H31N7O3/c1-15-22(35-18-8-4-7-17(13-18)24(33)34)10-9-20(28-15)23-21(32(2)31-30-23)14-27-25-26-12-11-19(29-25)16-5-3-6-16/h9-12,16-18H,3-8,13-14H2,1-2H3,(H,33,34)(H,26,27,29)/t17?,18-/m0/s1. The zero-order valence-electron chi connectivity index (χ0n) is 20.1. The molecule has 1 unspecified atom stereocenters. The normalized spacial score (nSPS) is 20.3. The number of nitrogens with one attached hydrogen (secondary N) is 1. The van der Waals surface area contributed by atoms with Crippen molar-refractivity contribution in [2.24, 2.45) is 13.0 Å². The molecule has 10 heteroatoms. The van der Waals surface area contributed by atoms with Crippen molar-refractivity contribution in [1.82, 2.24) is 29.9 Å². The van der Waals surface area contributed by atoms with Crippen molar-refractivity contribution < 1.29 is 14.6 Å². The molecule has 0 radical (unpaired) electrons. The second-order valence-corrected chi connectivity index (χ2v) is 9.52. The molecule has 10 nitrogen and oxygen atoms in total. The minimum absolute atomic E-state index is 0.108. The van der Waals surface area contributed by atoms with E-state index in [1.165, 1.54) is 19.3 Å². The Morgan fingerprint density at radius 1 is 1.17 bits per heavy atom. The first-order valence-electron chi connectivity index (χ1n) is 12.3. The average molecular weight is 478 g/mol. The van der Waals surface area contributed by atoms with Crippen LogP contribution in [0.3, 0.4) is 0 Å². The average Bonchev–Trinajstić information content (AvgIpc) is 3.18. The van der Waals surface area contributed by atoms with E-state index in [9.17, 15) is 9.90 Å². The molecule has 0 amide bonds. The monoisotopic (exact) mass is 477 g/mol. The topological polar surface area (TPSA) is 128 Å². The lowest BCUT2D eigenvalue weighted by molar-refractivity contribution is -0.143. The highest BCUT2D eigenvalue weighted by Crippen LogP contribution is 2.35. The maximum Gasteiger partial charge on any atom is 0.306 e. The minimum Gasteiger partial charge on any atom is -0.489 e. The van der Waals surface area contributed by atoms with Gasteiger partial charge in [-0.2, -0.15) is 0 Å². The Hall–Kier alpha value is -3.56. The summed E-state index contributed by atoms with van der Waals surface area (Å²) in [6.45, 7) is 2.36. The zero-order chi connectivity index (χ0) is 24.4. The second kappa shape index (κ2) is 9.97. The van der Waals surface area contributed by atoms with E-state index in [1.807, 2.05) is 32.2 Å². The Morgan fingerprint density at radius 3 is 2.74 bits per heavy atom. The molecule has 0 aromatic carbocycles. The van der Waals surface area contributed by atoms with E-state index in [0.29, 0.717) is 48.4 Å². The fraction of sp³-hybridized carbons (Fsp3) is 0.520. The first kappa shape index (κ1) is 23.2. The van der Waals surface area contributed by atoms with Crippen LogP contribution < -0.4 is 10.1 Å². The molecule has 2 aliphatic rings. The van der Waals surface area contributed by atoms with Crippen LogP contribution in [0.15, 0.2) is 24.4 Å². The highest BCUT2D eigenvalue weighted by atomic mass is 16.5. The van der Waals surface area contributed by atoms with Gasteiger partial charge in [0.2, 0.25) is 5.95 Å². The molecular weight excluding hydrogens is 446 g/mol. The van der Waals surface area contributed by atoms with Crippen LogP contribution in [-0.2, 0) is 18.4 Å². The lowest BCUT2D eigenvalue weighted by atomic mass is 9.83. The number of aliphatic carboxylic acids is 1. The number of nitrogens with zero attached hydrogens (tertiary/aromatic N) is 6. The molecule has 0 bridgehead atoms. The molecule has 2 atom stereocenters. The number of aromatic nitrogens is 6. The first-order chi connectivity index (χ1) is 17.0. The van der Waals surface area contributed by atoms with Gasteiger partial charge < -0.3 is 15.2 Å². The molecule has 3 aromatic heterocycles. The summed E-state index contributed by atoms with van der Waals surface area (Å²) in [4.78, 5) is 25.1. The maximum atomic E-state index is 11.4. The molecule has 184 valence electrons. The summed E-state index contributed by atoms with van der Waals surface area (Å²) >= 11 is 0. The fourth-order valence-corrected chi connectivity index (χ4v) is 4.79. The van der Waals surface area contributed by atoms with E-state index in [-0.39, 0.29) is 12.0 Å². The van der Waals surface area contributed by atoms with Crippen molar-refractivity contribution in [3.8, 4) is 17.1 Å². The number of carbonyl (C=O) groups is 1. The maximum absolute atomic E-state index is 11.4. The highest BCUT2D eigenvalue weighted by molar-refractivity contribution is 5.70. The summed E-state index contributed by atoms with van der Waals surface area (Å²) in [6.07, 6.45) is 8.30. The molecule has 35 heavy (non-hydrogen) atoms. The molecule has 3 heterocycles. The summed E-state index contributed by atoms with van der Waals surface area (Å²) in [7, 11) is 1.85. The number of rotatable bonds is 8. The van der Waals surface area contributed by atoms with E-state index < -0.39 is 5.97 Å². The number of ether oxygens (including phenoxy) is 1. The third-order valence-corrected chi connectivity index (χ3v) is 7.11. The van der Waals surface area contributed by atoms with Crippen LogP contribution in [0.25, 0.3) is 11.4 Å². The molecule has 2 N–H and O–H groups in total. The fourth-order valence-electron chi connectivity index (χ4n) is 4.79. The molecule has 2 aliphatic carbocycles. The highest BCUT2D eigenvalue weighted by Gasteiger charge is 2.28. The van der Waals surface area contributed by atoms with Gasteiger partial charge in [0.1, 0.15) is 11.4 Å². The number of hydrogen-bond donors (Lipinski definition) is 2. The van der Waals surface area contributed by atoms with E-state index in [0.717, 1.165) is 29.9 Å². The van der Waals surface area contributed by atoms with Gasteiger partial charge in [0.05, 0.1) is 35.6 Å². The minimum atomic E-state index is -0.743. The van der Waals surface area contributed by atoms with Crippen molar-refractivity contribution in [3.63, 3.8) is 0 Å². The van der Waals surface area contributed by atoms with Gasteiger partial charge in [0.25, 0.3) is 0 Å². The molecule has 0 spiro atoms. The van der Waals surface area contributed by atoms with Crippen molar-refractivity contribution in [2.75, 3.05) is 5.32 Å². The third-order valence-electron chi connectivity index (χ3n) is 7.11. The van der Waals surface area contributed by atoms with E-state index in [1.54, 1.807) is 10.9 Å². The zero-order valence-corrected chi connectivity index (χ0v) is 20.1. The van der Waals surface area contributed by atoms with Crippen LogP contribution in [0.1, 0.15) is 67.9 Å². The lowest BCUT2D eigenvalue weighted by Crippen LogP contribution is -2.29. The van der Waals surface area contributed by atoms with Crippen LogP contribution in [0.2, 0.25) is 0 Å². The lowest BCUT2D eigenvalue weighted by Gasteiger charge is -2.27. The quantitative estimate of drug-likeness (QED) is 0.497. The van der Waals surface area contributed by atoms with Gasteiger partial charge in [-0.05, 0) is 63.6 Å². The van der Waals surface area contributed by atoms with Crippen molar-refractivity contribution in [3.05, 3.63) is 41.5 Å². The van der Waals surface area contributed by atoms with Crippen molar-refractivity contribution >= 4 is 11.9 Å². The van der Waals surface area contributed by atoms with Crippen molar-refractivity contribution in [1.29, 1.82) is 0 Å². The van der Waals surface area contributed by atoms with Gasteiger partial charge in [-0.15, -0.1) is 5.10 Å². The summed E-state index contributed by atoms with van der Waals surface area (Å²) in [6, 6.07) is 5.76. The van der Waals surface area contributed by atoms with E-state index in [4.69, 9.17) is 9.72 Å². The van der Waals surface area contributed by atoms with Crippen LogP contribution in [0.4, 0.5) is 5.95 Å². The summed E-state index contributed by atoms with van der Waals surface area (Å²) in [5, 5.41) is 21.2. The van der Waals surface area contributed by atoms with Gasteiger partial charge in [-0.3, -0.25) is 4.79 Å². The molecule has 2 fully saturated rings. The molecule has 0 saturated heterocycles. The number of anilines is 1. The van der Waals surface area contributed by atoms with Gasteiger partial charge in [-0.25, -0.2) is 19.6 Å². The predicted molar refractivity (Wildman–Crippen MR) is 129 cm³/mol. The Bertz CT molecular complexity index is 1210. The second-order valence-electron chi connectivity index (χ2n) is 9.52. The summed E-state index contributed by atoms with van der Waals surface area (Å²) in [5.74, 6) is 0.738. The molecule has 5 rings (SSSR count). The number of hydrogen-bond acceptors (Lipinski definition) is 8. The third kappa shape index (κ3) is 5.11. The SMILES string of the molecule is Cc1nc(-c2nnn(C)c2CNc2nccc(C3CCC3)n2)ccc1O[C@H]1CCCC(C(=O)O)C1. The number of carboxylic acids is 1. The van der Waals surface area contributed by atoms with Crippen molar-refractivity contribution in [2.45, 2.75) is 70.4 Å². The number of pyridine rings is 1. The van der Waals surface area contributed by atoms with Gasteiger partial charge in [-0.1, -0.05) is 11.6 Å². The Labute approximate surface area is 204 Å². The van der Waals surface area contributed by atoms with Gasteiger partial charge >= 0.3 is 5.97 Å². The Balaban J connectivity index is 1.28. The first-order valence-corrected chi connectivity index (χ1v) is 12.3. The Kier molecular flexibility index (Phi) is 6.61. The largest absolute Gasteiger partial charge is 0.489 e. The molecule has 2 saturated carbocycles. The predicted octanol–water partition coefficient (Wildman–Crippen LogP) is 3.88. The van der Waals surface area contributed by atoms with Crippen LogP contribution in [-0.4, -0.2) is 47.1 Å². The number of carboxylic acid groups (broad SMARTS) is 1. The van der Waals surface area contributed by atoms with Crippen LogP contribution in [0.5, 0.6) is 5.75 Å². The van der Waals surface area contributed by atoms with Gasteiger partial charge in [0.15, 0.2) is 0 Å². The molecule has 3 aromatic rings. The summed E-state index contributed by atoms with van der Waals surface area (Å²) in [5.41, 5.74) is 4.10. The van der Waals surface area contributed by atoms with Crippen LogP contribution >= 0.6 is 0 Å². The Morgan fingerprint density at radius 2 is 2.00 bits per heavy atom.